The lowest BCUT2D eigenvalue weighted by molar-refractivity contribution is 0.282. The summed E-state index contributed by atoms with van der Waals surface area (Å²) in [6.07, 6.45) is 110. The Balaban J connectivity index is 0.975. The average Bonchev–Trinajstić information content (AvgIpc) is 0.922. The lowest BCUT2D eigenvalue weighted by Crippen LogP contribution is -1.85. The van der Waals surface area contributed by atoms with E-state index in [9.17, 15) is 0 Å². The summed E-state index contributed by atoms with van der Waals surface area (Å²) in [6.45, 7) is 0.725. The van der Waals surface area contributed by atoms with Gasteiger partial charge >= 0.3 is 0 Å². The maximum atomic E-state index is 8.87. The minimum atomic E-state index is 0.363. The minimum absolute atomic E-state index is 0.363. The standard InChI is InChI=1S/C114H182O2/c115-104-87-79-71-63-55-47-39-31-23-15-5-1-3-9-17-25-33-41-49-57-65-73-81-92-109-98-89-100-111(106-109)94-83-75-67-59-51-43-35-27-19-11-7-13-21-29-37-45-53-61-69-77-85-96-113-102-91-103-114(108-113)97-86-78-70-62-54-46-38-30-22-14-8-12-20-28-36-44-52-60-68-76-84-95-112-101-90-99-110(107-112)93-82-74-66-58-50-42-34-26-18-10-4-2-6-16-24-32-40-48-56-64-72-80-88-105-116/h89-91,98-103,106-108,115-116H,1-80,87-88,104-105H2. The number of benzene rings is 3. The van der Waals surface area contributed by atoms with E-state index in [1.165, 1.54) is 475 Å². The highest BCUT2D eigenvalue weighted by molar-refractivity contribution is 5.45. The van der Waals surface area contributed by atoms with Gasteiger partial charge in [-0.3, -0.25) is 0 Å². The van der Waals surface area contributed by atoms with Gasteiger partial charge in [0.05, 0.1) is 0 Å². The van der Waals surface area contributed by atoms with E-state index in [0.717, 1.165) is 84.7 Å². The van der Waals surface area contributed by atoms with Crippen molar-refractivity contribution in [3.8, 4) is 71.0 Å². The second kappa shape index (κ2) is 89.2. The van der Waals surface area contributed by atoms with Crippen molar-refractivity contribution < 1.29 is 10.2 Å². The van der Waals surface area contributed by atoms with Crippen LogP contribution in [0.15, 0.2) is 72.8 Å². The van der Waals surface area contributed by atoms with Gasteiger partial charge in [0.1, 0.15) is 0 Å². The zero-order valence-corrected chi connectivity index (χ0v) is 76.2. The summed E-state index contributed by atoms with van der Waals surface area (Å²) in [4.78, 5) is 0. The van der Waals surface area contributed by atoms with Crippen molar-refractivity contribution in [2.24, 2.45) is 0 Å². The van der Waals surface area contributed by atoms with Crippen LogP contribution in [0.1, 0.15) is 560 Å². The highest BCUT2D eigenvalue weighted by atomic mass is 16.3. The smallest absolute Gasteiger partial charge is 0.0431 e. The van der Waals surface area contributed by atoms with Crippen molar-refractivity contribution in [3.63, 3.8) is 0 Å². The van der Waals surface area contributed by atoms with E-state index >= 15 is 0 Å². The summed E-state index contributed by atoms with van der Waals surface area (Å²) < 4.78 is 0. The number of aliphatic hydroxyl groups excluding tert-OH is 2. The molecule has 0 unspecified atom stereocenters. The van der Waals surface area contributed by atoms with Crippen LogP contribution in [0.5, 0.6) is 0 Å². The Kier molecular flexibility index (Phi) is 80.8. The highest BCUT2D eigenvalue weighted by Gasteiger charge is 2.04. The van der Waals surface area contributed by atoms with E-state index in [-0.39, 0.29) is 0 Å². The summed E-state index contributed by atoms with van der Waals surface area (Å²) in [5, 5.41) is 17.7. The molecule has 2 heteroatoms. The lowest BCUT2D eigenvalue weighted by atomic mass is 10.0. The number of hydrogen-bond donors (Lipinski definition) is 2. The monoisotopic (exact) mass is 1580 g/mol. The largest absolute Gasteiger partial charge is 0.396 e. The molecule has 0 bridgehead atoms. The van der Waals surface area contributed by atoms with Gasteiger partial charge in [-0.25, -0.2) is 0 Å². The first kappa shape index (κ1) is 105. The second-order valence-corrected chi connectivity index (χ2v) is 35.4. The van der Waals surface area contributed by atoms with Gasteiger partial charge < -0.3 is 10.2 Å². The fraction of sp³-hybridized carbons (Fsp3) is 0.737. The Bertz CT molecular complexity index is 2800. The number of hydrogen-bond acceptors (Lipinski definition) is 2. The third-order valence-electron chi connectivity index (χ3n) is 24.1. The van der Waals surface area contributed by atoms with Crippen LogP contribution in [0.25, 0.3) is 0 Å². The van der Waals surface area contributed by atoms with Crippen molar-refractivity contribution in [1.29, 1.82) is 0 Å². The molecule has 650 valence electrons. The Morgan fingerprint density at radius 2 is 0.224 bits per heavy atom. The molecule has 2 nitrogen and oxygen atoms in total. The third-order valence-corrected chi connectivity index (χ3v) is 24.1. The topological polar surface area (TPSA) is 40.5 Å². The molecule has 116 heavy (non-hydrogen) atoms. The van der Waals surface area contributed by atoms with E-state index < -0.39 is 0 Å². The first-order chi connectivity index (χ1) is 57.8. The van der Waals surface area contributed by atoms with Crippen molar-refractivity contribution in [2.75, 3.05) is 13.2 Å². The van der Waals surface area contributed by atoms with Gasteiger partial charge in [-0.05, 0) is 106 Å². The lowest BCUT2D eigenvalue weighted by Gasteiger charge is -2.04. The van der Waals surface area contributed by atoms with Crippen LogP contribution < -0.4 is 0 Å². The van der Waals surface area contributed by atoms with Crippen LogP contribution in [0.2, 0.25) is 0 Å². The van der Waals surface area contributed by atoms with Crippen LogP contribution in [-0.4, -0.2) is 23.4 Å². The van der Waals surface area contributed by atoms with Crippen molar-refractivity contribution in [1.82, 2.24) is 0 Å². The SMILES string of the molecule is OCCCCCCCCCCCCCCCCCCCCCCCC#Cc1cccc(C#CCCCCCCCCCCCCCCCCCCCC#Cc2cccc(C#CCCCCCCCCCCCCCCCCCCCC#Cc3cccc(C#CCCCCCCCCCCCCCCCCCCCCCCCO)c3)c2)c1. The molecule has 2 N–H and O–H groups in total. The van der Waals surface area contributed by atoms with E-state index in [4.69, 9.17) is 10.2 Å². The van der Waals surface area contributed by atoms with E-state index in [2.05, 4.69) is 144 Å². The maximum absolute atomic E-state index is 8.87. The van der Waals surface area contributed by atoms with Gasteiger partial charge in [0, 0.05) is 85.1 Å². The normalized spacial score (nSPS) is 10.9. The predicted octanol–water partition coefficient (Wildman–Crippen LogP) is 35.2. The van der Waals surface area contributed by atoms with Gasteiger partial charge in [-0.1, -0.05) is 526 Å². The zero-order chi connectivity index (χ0) is 81.8. The Morgan fingerprint density at radius 1 is 0.129 bits per heavy atom. The van der Waals surface area contributed by atoms with Gasteiger partial charge in [-0.2, -0.15) is 0 Å². The Labute approximate surface area is 722 Å². The molecular weight excluding hydrogens is 1400 g/mol. The van der Waals surface area contributed by atoms with Crippen molar-refractivity contribution >= 4 is 0 Å². The van der Waals surface area contributed by atoms with Crippen LogP contribution in [-0.2, 0) is 0 Å². The Morgan fingerprint density at radius 3 is 0.328 bits per heavy atom. The van der Waals surface area contributed by atoms with E-state index in [1.807, 2.05) is 0 Å². The second-order valence-electron chi connectivity index (χ2n) is 35.4. The first-order valence-corrected chi connectivity index (χ1v) is 51.2. The summed E-state index contributed by atoms with van der Waals surface area (Å²) in [5.74, 6) is 41.1. The predicted molar refractivity (Wildman–Crippen MR) is 513 cm³/mol. The minimum Gasteiger partial charge on any atom is -0.396 e. The molecular formula is C114H182O2. The first-order valence-electron chi connectivity index (χ1n) is 51.2. The summed E-state index contributed by atoms with van der Waals surface area (Å²) >= 11 is 0. The van der Waals surface area contributed by atoms with Gasteiger partial charge in [0.15, 0.2) is 0 Å². The summed E-state index contributed by atoms with van der Waals surface area (Å²) in [6, 6.07) is 25.7. The van der Waals surface area contributed by atoms with Crippen LogP contribution in [0, 0.1) is 71.0 Å². The van der Waals surface area contributed by atoms with Gasteiger partial charge in [0.25, 0.3) is 0 Å². The molecule has 0 amide bonds. The number of aliphatic hydroxyl groups is 2. The Hall–Kier alpha value is -5.06. The van der Waals surface area contributed by atoms with Crippen LogP contribution >= 0.6 is 0 Å². The maximum Gasteiger partial charge on any atom is 0.0431 e. The summed E-state index contributed by atoms with van der Waals surface area (Å²) in [7, 11) is 0. The third kappa shape index (κ3) is 76.3. The summed E-state index contributed by atoms with van der Waals surface area (Å²) in [5.41, 5.74) is 6.65. The van der Waals surface area contributed by atoms with Crippen LogP contribution in [0.4, 0.5) is 0 Å². The zero-order valence-electron chi connectivity index (χ0n) is 76.2. The fourth-order valence-corrected chi connectivity index (χ4v) is 16.5. The van der Waals surface area contributed by atoms with Crippen molar-refractivity contribution in [2.45, 2.75) is 527 Å². The number of unbranched alkanes of at least 4 members (excludes halogenated alkanes) is 78. The molecule has 0 saturated carbocycles. The molecule has 0 aliphatic rings. The van der Waals surface area contributed by atoms with Crippen LogP contribution in [0.3, 0.4) is 0 Å². The fourth-order valence-electron chi connectivity index (χ4n) is 16.5. The molecule has 0 spiro atoms. The molecule has 3 aromatic rings. The average molecular weight is 1580 g/mol. The van der Waals surface area contributed by atoms with Gasteiger partial charge in [-0.15, -0.1) is 0 Å². The highest BCUT2D eigenvalue weighted by Crippen LogP contribution is 2.22. The molecule has 0 radical (unpaired) electrons. The molecule has 0 aliphatic heterocycles. The molecule has 0 saturated heterocycles. The molecule has 0 heterocycles. The van der Waals surface area contributed by atoms with E-state index in [0.29, 0.717) is 13.2 Å². The molecule has 0 aromatic heterocycles. The van der Waals surface area contributed by atoms with Gasteiger partial charge in [0.2, 0.25) is 0 Å². The molecule has 3 rings (SSSR count). The van der Waals surface area contributed by atoms with E-state index in [1.54, 1.807) is 0 Å². The molecule has 3 aromatic carbocycles. The molecule has 0 aliphatic carbocycles. The number of rotatable bonds is 80. The molecule has 0 fully saturated rings. The molecule has 0 atom stereocenters. The quantitative estimate of drug-likeness (QED) is 0.0437. The van der Waals surface area contributed by atoms with Crippen molar-refractivity contribution in [3.05, 3.63) is 106 Å².